The Labute approximate surface area is 164 Å². The molecule has 0 radical (unpaired) electrons. The molecule has 0 bridgehead atoms. The Hall–Kier alpha value is -2.61. The molecule has 0 saturated heterocycles. The van der Waals surface area contributed by atoms with Crippen molar-refractivity contribution in [1.29, 1.82) is 0 Å². The largest absolute Gasteiger partial charge is 0.497 e. The van der Waals surface area contributed by atoms with Crippen LogP contribution in [-0.2, 0) is 16.1 Å². The van der Waals surface area contributed by atoms with Crippen molar-refractivity contribution >= 4 is 27.8 Å². The van der Waals surface area contributed by atoms with Crippen LogP contribution >= 0.6 is 15.9 Å². The molecule has 1 amide bonds. The predicted octanol–water partition coefficient (Wildman–Crippen LogP) is 3.42. The summed E-state index contributed by atoms with van der Waals surface area (Å²) in [5, 5.41) is 0. The number of nitrogens with zero attached hydrogens (tertiary/aromatic N) is 1. The number of carbonyl (C=O) groups is 2. The van der Waals surface area contributed by atoms with Gasteiger partial charge in [0.15, 0.2) is 0 Å². The summed E-state index contributed by atoms with van der Waals surface area (Å²) in [5.74, 6) is -0.573. The van der Waals surface area contributed by atoms with E-state index in [4.69, 9.17) is 9.47 Å². The minimum absolute atomic E-state index is 0.0790. The van der Waals surface area contributed by atoms with Crippen LogP contribution < -0.4 is 9.47 Å². The number of hydrogen-bond donors (Lipinski definition) is 0. The van der Waals surface area contributed by atoms with Crippen LogP contribution in [0.25, 0.3) is 0 Å². The molecule has 0 aliphatic rings. The Kier molecular flexibility index (Phi) is 7.18. The molecule has 0 N–H and O–H groups in total. The van der Waals surface area contributed by atoms with Crippen molar-refractivity contribution in [3.8, 4) is 11.5 Å². The molecule has 0 aliphatic heterocycles. The van der Waals surface area contributed by atoms with Gasteiger partial charge in [0.05, 0.1) is 21.3 Å². The topological polar surface area (TPSA) is 65.1 Å². The third kappa shape index (κ3) is 5.68. The van der Waals surface area contributed by atoms with Crippen LogP contribution in [0.1, 0.15) is 15.9 Å². The van der Waals surface area contributed by atoms with Crippen LogP contribution in [-0.4, -0.2) is 44.7 Å². The van der Waals surface area contributed by atoms with Crippen molar-refractivity contribution in [3.05, 3.63) is 57.8 Å². The highest BCUT2D eigenvalue weighted by Crippen LogP contribution is 2.24. The summed E-state index contributed by atoms with van der Waals surface area (Å²) < 4.78 is 29.2. The van der Waals surface area contributed by atoms with Crippen molar-refractivity contribution < 1.29 is 28.2 Å². The van der Waals surface area contributed by atoms with E-state index >= 15 is 0 Å². The van der Waals surface area contributed by atoms with Crippen molar-refractivity contribution in [3.63, 3.8) is 0 Å². The Morgan fingerprint density at radius 1 is 1.00 bits per heavy atom. The molecule has 144 valence electrons. The van der Waals surface area contributed by atoms with E-state index in [1.165, 1.54) is 38.4 Å². The number of hydrogen-bond acceptors (Lipinski definition) is 5. The van der Waals surface area contributed by atoms with Gasteiger partial charge in [-0.15, -0.1) is 0 Å². The Balaban J connectivity index is 2.37. The Morgan fingerprint density at radius 3 is 2.15 bits per heavy atom. The minimum Gasteiger partial charge on any atom is -0.497 e. The van der Waals surface area contributed by atoms with Crippen LogP contribution in [0.4, 0.5) is 4.39 Å². The number of carbonyl (C=O) groups excluding carboxylic acids is 2. The lowest BCUT2D eigenvalue weighted by molar-refractivity contribution is -0.141. The molecule has 0 fully saturated rings. The highest BCUT2D eigenvalue weighted by molar-refractivity contribution is 9.10. The first-order valence-electron chi connectivity index (χ1n) is 7.90. The second-order valence-corrected chi connectivity index (χ2v) is 6.53. The van der Waals surface area contributed by atoms with E-state index in [9.17, 15) is 14.0 Å². The fourth-order valence-corrected chi connectivity index (χ4v) is 2.92. The van der Waals surface area contributed by atoms with Crippen LogP contribution in [0.3, 0.4) is 0 Å². The summed E-state index contributed by atoms with van der Waals surface area (Å²) in [6.07, 6.45) is 0. The molecule has 6 nitrogen and oxygen atoms in total. The van der Waals surface area contributed by atoms with Gasteiger partial charge in [0.25, 0.3) is 5.91 Å². The van der Waals surface area contributed by atoms with Crippen LogP contribution in [0.15, 0.2) is 40.9 Å². The summed E-state index contributed by atoms with van der Waals surface area (Å²) in [7, 11) is 4.26. The van der Waals surface area contributed by atoms with E-state index in [0.29, 0.717) is 21.5 Å². The molecule has 0 aromatic heterocycles. The average molecular weight is 440 g/mol. The van der Waals surface area contributed by atoms with Crippen molar-refractivity contribution in [2.24, 2.45) is 0 Å². The van der Waals surface area contributed by atoms with Gasteiger partial charge in [-0.05, 0) is 35.9 Å². The number of ether oxygens (including phenoxy) is 3. The molecule has 2 rings (SSSR count). The zero-order valence-corrected chi connectivity index (χ0v) is 16.7. The van der Waals surface area contributed by atoms with E-state index in [0.717, 1.165) is 6.07 Å². The first kappa shape index (κ1) is 20.7. The SMILES string of the molecule is COC(=O)CN(Cc1cc(OC)cc(OC)c1)C(=O)c1cc(F)cc(Br)c1. The normalized spacial score (nSPS) is 10.3. The number of benzene rings is 2. The van der Waals surface area contributed by atoms with Gasteiger partial charge < -0.3 is 19.1 Å². The van der Waals surface area contributed by atoms with Crippen LogP contribution in [0.5, 0.6) is 11.5 Å². The van der Waals surface area contributed by atoms with Crippen molar-refractivity contribution in [2.75, 3.05) is 27.9 Å². The smallest absolute Gasteiger partial charge is 0.325 e. The van der Waals surface area contributed by atoms with Crippen molar-refractivity contribution in [1.82, 2.24) is 4.90 Å². The highest BCUT2D eigenvalue weighted by Gasteiger charge is 2.21. The Morgan fingerprint density at radius 2 is 1.63 bits per heavy atom. The maximum atomic E-state index is 13.7. The van der Waals surface area contributed by atoms with Gasteiger partial charge in [0.1, 0.15) is 23.9 Å². The summed E-state index contributed by atoms with van der Waals surface area (Å²) in [6.45, 7) is -0.210. The van der Waals surface area contributed by atoms with E-state index in [-0.39, 0.29) is 18.7 Å². The van der Waals surface area contributed by atoms with E-state index in [1.807, 2.05) is 0 Å². The van der Waals surface area contributed by atoms with Gasteiger partial charge in [-0.1, -0.05) is 15.9 Å². The zero-order valence-electron chi connectivity index (χ0n) is 15.1. The van der Waals surface area contributed by atoms with Gasteiger partial charge in [-0.2, -0.15) is 0 Å². The van der Waals surface area contributed by atoms with E-state index in [2.05, 4.69) is 20.7 Å². The maximum absolute atomic E-state index is 13.7. The maximum Gasteiger partial charge on any atom is 0.325 e. The monoisotopic (exact) mass is 439 g/mol. The summed E-state index contributed by atoms with van der Waals surface area (Å²) in [6, 6.07) is 8.99. The number of rotatable bonds is 7. The summed E-state index contributed by atoms with van der Waals surface area (Å²) >= 11 is 3.16. The molecule has 0 atom stereocenters. The highest BCUT2D eigenvalue weighted by atomic mass is 79.9. The van der Waals surface area contributed by atoms with Gasteiger partial charge in [-0.3, -0.25) is 9.59 Å². The number of methoxy groups -OCH3 is 3. The van der Waals surface area contributed by atoms with Crippen LogP contribution in [0.2, 0.25) is 0 Å². The second kappa shape index (κ2) is 9.36. The van der Waals surface area contributed by atoms with E-state index in [1.54, 1.807) is 18.2 Å². The lowest BCUT2D eigenvalue weighted by atomic mass is 10.1. The zero-order chi connectivity index (χ0) is 20.0. The van der Waals surface area contributed by atoms with Crippen molar-refractivity contribution in [2.45, 2.75) is 6.54 Å². The standard InChI is InChI=1S/C19H19BrFNO5/c1-25-16-4-12(5-17(9-16)26-2)10-22(11-18(23)27-3)19(24)13-6-14(20)8-15(21)7-13/h4-9H,10-11H2,1-3H3. The molecular weight excluding hydrogens is 421 g/mol. The van der Waals surface area contributed by atoms with Crippen LogP contribution in [0, 0.1) is 5.82 Å². The molecule has 0 unspecified atom stereocenters. The fourth-order valence-electron chi connectivity index (χ4n) is 2.46. The molecule has 2 aromatic rings. The molecular formula is C19H19BrFNO5. The molecule has 0 spiro atoms. The summed E-state index contributed by atoms with van der Waals surface area (Å²) in [5.41, 5.74) is 0.791. The number of esters is 1. The quantitative estimate of drug-likeness (QED) is 0.618. The lowest BCUT2D eigenvalue weighted by Crippen LogP contribution is -2.35. The number of amides is 1. The molecule has 27 heavy (non-hydrogen) atoms. The number of halogens is 2. The average Bonchev–Trinajstić information content (AvgIpc) is 2.65. The van der Waals surface area contributed by atoms with Gasteiger partial charge in [0, 0.05) is 22.6 Å². The molecule has 2 aromatic carbocycles. The molecule has 0 aliphatic carbocycles. The lowest BCUT2D eigenvalue weighted by Gasteiger charge is -2.22. The molecule has 8 heteroatoms. The predicted molar refractivity (Wildman–Crippen MR) is 100 cm³/mol. The van der Waals surface area contributed by atoms with Gasteiger partial charge >= 0.3 is 5.97 Å². The molecule has 0 heterocycles. The first-order chi connectivity index (χ1) is 12.9. The van der Waals surface area contributed by atoms with E-state index < -0.39 is 17.7 Å². The van der Waals surface area contributed by atoms with Gasteiger partial charge in [-0.25, -0.2) is 4.39 Å². The summed E-state index contributed by atoms with van der Waals surface area (Å²) in [4.78, 5) is 25.9. The fraction of sp³-hybridized carbons (Fsp3) is 0.263. The third-order valence-electron chi connectivity index (χ3n) is 3.73. The molecule has 0 saturated carbocycles. The minimum atomic E-state index is -0.589. The first-order valence-corrected chi connectivity index (χ1v) is 8.69. The second-order valence-electron chi connectivity index (χ2n) is 5.62. The Bertz CT molecular complexity index is 800. The third-order valence-corrected chi connectivity index (χ3v) is 4.19. The van der Waals surface area contributed by atoms with Gasteiger partial charge in [0.2, 0.25) is 0 Å².